The Hall–Kier alpha value is -6.58. The highest BCUT2D eigenvalue weighted by molar-refractivity contribution is 6.14. The third-order valence-corrected chi connectivity index (χ3v) is 9.74. The van der Waals surface area contributed by atoms with Crippen LogP contribution in [-0.4, -0.2) is 4.57 Å². The molecule has 0 saturated carbocycles. The van der Waals surface area contributed by atoms with E-state index in [1.54, 1.807) is 0 Å². The second kappa shape index (κ2) is 11.0. The van der Waals surface area contributed by atoms with Gasteiger partial charge in [0.2, 0.25) is 0 Å². The van der Waals surface area contributed by atoms with Gasteiger partial charge in [0, 0.05) is 38.6 Å². The highest BCUT2D eigenvalue weighted by Gasteiger charge is 2.20. The van der Waals surface area contributed by atoms with E-state index in [-0.39, 0.29) is 0 Å². The molecule has 0 bridgehead atoms. The SMILES string of the molecule is c1ccc(-c2ccc(N(c3ccc4cc5c(cc4c3)c3ccccc3n5-c3ccccc3)c3cccc4c3oc3ccccc34)cc2)cc1. The van der Waals surface area contributed by atoms with E-state index in [2.05, 4.69) is 179 Å². The van der Waals surface area contributed by atoms with Gasteiger partial charge in [-0.05, 0) is 88.6 Å². The summed E-state index contributed by atoms with van der Waals surface area (Å²) in [6.07, 6.45) is 0. The summed E-state index contributed by atoms with van der Waals surface area (Å²) in [5.41, 5.74) is 10.8. The zero-order chi connectivity index (χ0) is 32.3. The third-order valence-electron chi connectivity index (χ3n) is 9.74. The Morgan fingerprint density at radius 1 is 0.408 bits per heavy atom. The van der Waals surface area contributed by atoms with Gasteiger partial charge in [0.15, 0.2) is 5.58 Å². The molecule has 49 heavy (non-hydrogen) atoms. The van der Waals surface area contributed by atoms with Gasteiger partial charge in [-0.25, -0.2) is 0 Å². The molecular weight excluding hydrogens is 597 g/mol. The lowest BCUT2D eigenvalue weighted by Gasteiger charge is -2.26. The molecule has 0 aliphatic rings. The van der Waals surface area contributed by atoms with E-state index in [1.807, 2.05) is 12.1 Å². The van der Waals surface area contributed by atoms with Gasteiger partial charge < -0.3 is 13.9 Å². The number of nitrogens with zero attached hydrogens (tertiary/aromatic N) is 2. The quantitative estimate of drug-likeness (QED) is 0.190. The summed E-state index contributed by atoms with van der Waals surface area (Å²) in [7, 11) is 0. The fourth-order valence-corrected chi connectivity index (χ4v) is 7.46. The molecule has 8 aromatic carbocycles. The lowest BCUT2D eigenvalue weighted by molar-refractivity contribution is 0.669. The van der Waals surface area contributed by atoms with Crippen LogP contribution in [-0.2, 0) is 0 Å². The molecule has 2 aromatic heterocycles. The molecule has 230 valence electrons. The first-order valence-electron chi connectivity index (χ1n) is 16.7. The van der Waals surface area contributed by atoms with Crippen LogP contribution in [0, 0.1) is 0 Å². The molecule has 0 atom stereocenters. The number of benzene rings is 8. The Labute approximate surface area is 283 Å². The summed E-state index contributed by atoms with van der Waals surface area (Å²) in [6, 6.07) is 64.9. The molecule has 0 unspecified atom stereocenters. The molecule has 10 aromatic rings. The lowest BCUT2D eigenvalue weighted by Crippen LogP contribution is -2.10. The topological polar surface area (TPSA) is 21.3 Å². The number of rotatable bonds is 5. The highest BCUT2D eigenvalue weighted by Crippen LogP contribution is 2.44. The molecule has 3 heteroatoms. The smallest absolute Gasteiger partial charge is 0.159 e. The predicted octanol–water partition coefficient (Wildman–Crippen LogP) is 13.0. The van der Waals surface area contributed by atoms with Gasteiger partial charge >= 0.3 is 0 Å². The van der Waals surface area contributed by atoms with Gasteiger partial charge in [-0.2, -0.15) is 0 Å². The number of anilines is 3. The lowest BCUT2D eigenvalue weighted by atomic mass is 10.0. The van der Waals surface area contributed by atoms with Crippen molar-refractivity contribution in [3.8, 4) is 16.8 Å². The standard InChI is InChI=1S/C46H30N2O/c1-3-12-31(13-4-1)32-22-25-36(26-23-32)47(43-20-11-18-40-39-17-8-10-21-45(39)49-46(40)43)37-27-24-33-30-44-41(29-34(33)28-37)38-16-7-9-19-42(38)48(44)35-14-5-2-6-15-35/h1-30H. The van der Waals surface area contributed by atoms with Crippen LogP contribution in [0.25, 0.3) is 71.3 Å². The first kappa shape index (κ1) is 27.5. The van der Waals surface area contributed by atoms with Crippen LogP contribution in [0.4, 0.5) is 17.1 Å². The average Bonchev–Trinajstić information content (AvgIpc) is 3.71. The summed E-state index contributed by atoms with van der Waals surface area (Å²) in [4.78, 5) is 2.33. The minimum atomic E-state index is 0.873. The first-order chi connectivity index (χ1) is 24.3. The molecule has 2 heterocycles. The molecule has 0 N–H and O–H groups in total. The fourth-order valence-electron chi connectivity index (χ4n) is 7.46. The average molecular weight is 627 g/mol. The number of hydrogen-bond acceptors (Lipinski definition) is 2. The van der Waals surface area contributed by atoms with Crippen molar-refractivity contribution in [2.24, 2.45) is 0 Å². The Morgan fingerprint density at radius 3 is 1.92 bits per heavy atom. The van der Waals surface area contributed by atoms with Crippen LogP contribution in [0.15, 0.2) is 186 Å². The molecule has 0 aliphatic heterocycles. The monoisotopic (exact) mass is 626 g/mol. The van der Waals surface area contributed by atoms with Gasteiger partial charge in [0.05, 0.1) is 16.7 Å². The minimum Gasteiger partial charge on any atom is -0.454 e. The molecule has 3 nitrogen and oxygen atoms in total. The van der Waals surface area contributed by atoms with E-state index in [9.17, 15) is 0 Å². The van der Waals surface area contributed by atoms with Crippen molar-refractivity contribution in [1.82, 2.24) is 4.57 Å². The number of aromatic nitrogens is 1. The molecule has 0 spiro atoms. The number of para-hydroxylation sites is 4. The Bertz CT molecular complexity index is 2810. The van der Waals surface area contributed by atoms with E-state index in [1.165, 1.54) is 43.7 Å². The van der Waals surface area contributed by atoms with Gasteiger partial charge in [0.25, 0.3) is 0 Å². The highest BCUT2D eigenvalue weighted by atomic mass is 16.3. The van der Waals surface area contributed by atoms with Gasteiger partial charge in [0.1, 0.15) is 5.58 Å². The number of fused-ring (bicyclic) bond motifs is 7. The second-order valence-electron chi connectivity index (χ2n) is 12.6. The zero-order valence-corrected chi connectivity index (χ0v) is 26.6. The summed E-state index contributed by atoms with van der Waals surface area (Å²) >= 11 is 0. The van der Waals surface area contributed by atoms with Crippen LogP contribution in [0.3, 0.4) is 0 Å². The molecule has 0 fully saturated rings. The van der Waals surface area contributed by atoms with E-state index < -0.39 is 0 Å². The summed E-state index contributed by atoms with van der Waals surface area (Å²) in [5, 5.41) is 7.09. The van der Waals surface area contributed by atoms with E-state index in [0.717, 1.165) is 44.7 Å². The maximum atomic E-state index is 6.59. The van der Waals surface area contributed by atoms with Gasteiger partial charge in [-0.1, -0.05) is 115 Å². The first-order valence-corrected chi connectivity index (χ1v) is 16.7. The largest absolute Gasteiger partial charge is 0.454 e. The normalized spacial score (nSPS) is 11.7. The molecule has 0 saturated heterocycles. The van der Waals surface area contributed by atoms with Crippen molar-refractivity contribution in [2.75, 3.05) is 4.90 Å². The Balaban J connectivity index is 1.20. The van der Waals surface area contributed by atoms with Crippen molar-refractivity contribution in [2.45, 2.75) is 0 Å². The number of hydrogen-bond donors (Lipinski definition) is 0. The van der Waals surface area contributed by atoms with Crippen molar-refractivity contribution < 1.29 is 4.42 Å². The van der Waals surface area contributed by atoms with Crippen molar-refractivity contribution >= 4 is 71.6 Å². The summed E-state index contributed by atoms with van der Waals surface area (Å²) in [5.74, 6) is 0. The molecule has 10 rings (SSSR count). The molecule has 0 amide bonds. The maximum Gasteiger partial charge on any atom is 0.159 e. The Kier molecular flexibility index (Phi) is 6.18. The van der Waals surface area contributed by atoms with Crippen LogP contribution in [0.2, 0.25) is 0 Å². The summed E-state index contributed by atoms with van der Waals surface area (Å²) in [6.45, 7) is 0. The predicted molar refractivity (Wildman–Crippen MR) is 206 cm³/mol. The van der Waals surface area contributed by atoms with Gasteiger partial charge in [-0.3, -0.25) is 0 Å². The van der Waals surface area contributed by atoms with Crippen LogP contribution < -0.4 is 4.90 Å². The van der Waals surface area contributed by atoms with Crippen molar-refractivity contribution in [1.29, 1.82) is 0 Å². The van der Waals surface area contributed by atoms with E-state index >= 15 is 0 Å². The maximum absolute atomic E-state index is 6.59. The summed E-state index contributed by atoms with van der Waals surface area (Å²) < 4.78 is 8.97. The minimum absolute atomic E-state index is 0.873. The van der Waals surface area contributed by atoms with Crippen LogP contribution >= 0.6 is 0 Å². The molecule has 0 aliphatic carbocycles. The molecular formula is C46H30N2O. The Morgan fingerprint density at radius 2 is 1.08 bits per heavy atom. The van der Waals surface area contributed by atoms with E-state index in [4.69, 9.17) is 4.42 Å². The molecule has 0 radical (unpaired) electrons. The fraction of sp³-hybridized carbons (Fsp3) is 0. The number of furan rings is 1. The van der Waals surface area contributed by atoms with Crippen LogP contribution in [0.5, 0.6) is 0 Å². The van der Waals surface area contributed by atoms with Gasteiger partial charge in [-0.15, -0.1) is 0 Å². The third kappa shape index (κ3) is 4.44. The van der Waals surface area contributed by atoms with Crippen LogP contribution in [0.1, 0.15) is 0 Å². The van der Waals surface area contributed by atoms with Crippen molar-refractivity contribution in [3.63, 3.8) is 0 Å². The second-order valence-corrected chi connectivity index (χ2v) is 12.6. The van der Waals surface area contributed by atoms with Crippen molar-refractivity contribution in [3.05, 3.63) is 182 Å². The van der Waals surface area contributed by atoms with E-state index in [0.29, 0.717) is 0 Å². The zero-order valence-electron chi connectivity index (χ0n) is 26.6.